The molecule has 1 saturated carbocycles. The number of likely N-dealkylation sites (tertiary alicyclic amines) is 1. The third kappa shape index (κ3) is 4.36. The van der Waals surface area contributed by atoms with E-state index in [1.807, 2.05) is 0 Å². The molecule has 2 aliphatic rings. The molecule has 0 N–H and O–H groups in total. The van der Waals surface area contributed by atoms with E-state index in [2.05, 4.69) is 0 Å². The number of amides is 2. The van der Waals surface area contributed by atoms with Gasteiger partial charge in [-0.05, 0) is 37.1 Å². The quantitative estimate of drug-likeness (QED) is 0.414. The summed E-state index contributed by atoms with van der Waals surface area (Å²) < 4.78 is 10.6. The maximum absolute atomic E-state index is 12.3. The smallest absolute Gasteiger partial charge is 0.326 e. The van der Waals surface area contributed by atoms with Crippen molar-refractivity contribution in [1.29, 1.82) is 0 Å². The van der Waals surface area contributed by atoms with Gasteiger partial charge in [0.05, 0.1) is 25.0 Å². The minimum atomic E-state index is -0.558. The maximum atomic E-state index is 12.3. The Labute approximate surface area is 157 Å². The second-order valence-corrected chi connectivity index (χ2v) is 7.07. The van der Waals surface area contributed by atoms with Crippen molar-refractivity contribution in [3.8, 4) is 5.75 Å². The summed E-state index contributed by atoms with van der Waals surface area (Å²) in [5.74, 6) is -0.785. The highest BCUT2D eigenvalue weighted by Gasteiger charge is 2.48. The average Bonchev–Trinajstić information content (AvgIpc) is 2.88. The molecule has 0 bridgehead atoms. The standard InChI is InChI=1S/C19H22ClNO5/c20-13-6-8-14(9-7-13)25-10-3-11-26-17(22)12-21-18(23)15-4-1-2-5-16(15)19(21)24/h6-9,15-16H,1-5,10-12H2. The second kappa shape index (κ2) is 8.54. The van der Waals surface area contributed by atoms with Crippen LogP contribution in [-0.4, -0.2) is 42.4 Å². The zero-order valence-electron chi connectivity index (χ0n) is 14.5. The van der Waals surface area contributed by atoms with Gasteiger partial charge in [-0.2, -0.15) is 0 Å². The Kier molecular flexibility index (Phi) is 6.14. The van der Waals surface area contributed by atoms with Gasteiger partial charge in [-0.3, -0.25) is 19.3 Å². The van der Waals surface area contributed by atoms with Gasteiger partial charge in [0.2, 0.25) is 11.8 Å². The molecule has 2 atom stereocenters. The molecule has 2 amide bonds. The normalized spacial score (nSPS) is 22.3. The first-order chi connectivity index (χ1) is 12.6. The molecular weight excluding hydrogens is 358 g/mol. The van der Waals surface area contributed by atoms with E-state index in [-0.39, 0.29) is 36.8 Å². The summed E-state index contributed by atoms with van der Waals surface area (Å²) >= 11 is 5.80. The number of halogens is 1. The van der Waals surface area contributed by atoms with Crippen molar-refractivity contribution >= 4 is 29.4 Å². The van der Waals surface area contributed by atoms with Crippen molar-refractivity contribution in [3.63, 3.8) is 0 Å². The Morgan fingerprint density at radius 2 is 1.65 bits per heavy atom. The number of esters is 1. The summed E-state index contributed by atoms with van der Waals surface area (Å²) in [5, 5.41) is 0.636. The Balaban J connectivity index is 1.37. The van der Waals surface area contributed by atoms with Crippen molar-refractivity contribution in [2.24, 2.45) is 11.8 Å². The van der Waals surface area contributed by atoms with Gasteiger partial charge in [0.25, 0.3) is 0 Å². The maximum Gasteiger partial charge on any atom is 0.326 e. The van der Waals surface area contributed by atoms with Gasteiger partial charge in [0.15, 0.2) is 0 Å². The van der Waals surface area contributed by atoms with E-state index in [0.29, 0.717) is 23.8 Å². The number of carbonyl (C=O) groups is 3. The minimum Gasteiger partial charge on any atom is -0.493 e. The van der Waals surface area contributed by atoms with Crippen LogP contribution in [0.4, 0.5) is 0 Å². The van der Waals surface area contributed by atoms with Gasteiger partial charge in [0.1, 0.15) is 12.3 Å². The number of rotatable bonds is 7. The van der Waals surface area contributed by atoms with E-state index >= 15 is 0 Å². The summed E-state index contributed by atoms with van der Waals surface area (Å²) in [4.78, 5) is 37.6. The van der Waals surface area contributed by atoms with Gasteiger partial charge in [-0.25, -0.2) is 0 Å². The van der Waals surface area contributed by atoms with Crippen LogP contribution in [0, 0.1) is 11.8 Å². The molecule has 26 heavy (non-hydrogen) atoms. The Morgan fingerprint density at radius 3 is 2.27 bits per heavy atom. The van der Waals surface area contributed by atoms with Crippen LogP contribution in [0.3, 0.4) is 0 Å². The highest BCUT2D eigenvalue weighted by Crippen LogP contribution is 2.37. The highest BCUT2D eigenvalue weighted by molar-refractivity contribution is 6.30. The number of hydrogen-bond acceptors (Lipinski definition) is 5. The van der Waals surface area contributed by atoms with Crippen molar-refractivity contribution in [2.75, 3.05) is 19.8 Å². The van der Waals surface area contributed by atoms with Crippen LogP contribution in [0.1, 0.15) is 32.1 Å². The molecule has 1 aliphatic carbocycles. The van der Waals surface area contributed by atoms with Crippen LogP contribution in [-0.2, 0) is 19.1 Å². The van der Waals surface area contributed by atoms with E-state index in [0.717, 1.165) is 30.6 Å². The number of fused-ring (bicyclic) bond motifs is 1. The zero-order valence-corrected chi connectivity index (χ0v) is 15.2. The van der Waals surface area contributed by atoms with Gasteiger partial charge in [-0.1, -0.05) is 24.4 Å². The van der Waals surface area contributed by atoms with Gasteiger partial charge < -0.3 is 9.47 Å². The summed E-state index contributed by atoms with van der Waals surface area (Å²) in [6.07, 6.45) is 3.92. The predicted octanol–water partition coefficient (Wildman–Crippen LogP) is 2.83. The fourth-order valence-electron chi connectivity index (χ4n) is 3.53. The highest BCUT2D eigenvalue weighted by atomic mass is 35.5. The lowest BCUT2D eigenvalue weighted by atomic mass is 9.81. The fraction of sp³-hybridized carbons (Fsp3) is 0.526. The molecule has 2 fully saturated rings. The van der Waals surface area contributed by atoms with E-state index in [4.69, 9.17) is 21.1 Å². The number of carbonyl (C=O) groups excluding carboxylic acids is 3. The third-order valence-electron chi connectivity index (χ3n) is 4.85. The molecule has 1 aromatic carbocycles. The van der Waals surface area contributed by atoms with Gasteiger partial charge >= 0.3 is 5.97 Å². The molecular formula is C19H22ClNO5. The molecule has 2 unspecified atom stereocenters. The monoisotopic (exact) mass is 379 g/mol. The molecule has 140 valence electrons. The average molecular weight is 380 g/mol. The number of imide groups is 1. The molecule has 1 heterocycles. The molecule has 1 aromatic rings. The zero-order chi connectivity index (χ0) is 18.5. The van der Waals surface area contributed by atoms with E-state index < -0.39 is 5.97 Å². The van der Waals surface area contributed by atoms with Crippen molar-refractivity contribution in [3.05, 3.63) is 29.3 Å². The lowest BCUT2D eigenvalue weighted by Crippen LogP contribution is -2.36. The van der Waals surface area contributed by atoms with Gasteiger partial charge in [0, 0.05) is 11.4 Å². The van der Waals surface area contributed by atoms with E-state index in [9.17, 15) is 14.4 Å². The van der Waals surface area contributed by atoms with E-state index in [1.165, 1.54) is 0 Å². The molecule has 1 aliphatic heterocycles. The fourth-order valence-corrected chi connectivity index (χ4v) is 3.65. The molecule has 7 heteroatoms. The molecule has 0 aromatic heterocycles. The van der Waals surface area contributed by atoms with Crippen LogP contribution in [0.2, 0.25) is 5.02 Å². The van der Waals surface area contributed by atoms with Crippen LogP contribution < -0.4 is 4.74 Å². The number of hydrogen-bond donors (Lipinski definition) is 0. The Morgan fingerprint density at radius 1 is 1.04 bits per heavy atom. The second-order valence-electron chi connectivity index (χ2n) is 6.64. The van der Waals surface area contributed by atoms with Crippen LogP contribution in [0.15, 0.2) is 24.3 Å². The van der Waals surface area contributed by atoms with Crippen molar-refractivity contribution < 1.29 is 23.9 Å². The van der Waals surface area contributed by atoms with Crippen LogP contribution in [0.5, 0.6) is 5.75 Å². The number of nitrogens with zero attached hydrogens (tertiary/aromatic N) is 1. The molecule has 6 nitrogen and oxygen atoms in total. The minimum absolute atomic E-state index is 0.176. The Bertz CT molecular complexity index is 651. The first-order valence-corrected chi connectivity index (χ1v) is 9.33. The first-order valence-electron chi connectivity index (χ1n) is 8.95. The molecule has 3 rings (SSSR count). The van der Waals surface area contributed by atoms with Crippen molar-refractivity contribution in [1.82, 2.24) is 4.90 Å². The molecule has 0 radical (unpaired) electrons. The summed E-state index contributed by atoms with van der Waals surface area (Å²) in [5.41, 5.74) is 0. The molecule has 1 saturated heterocycles. The number of ether oxygens (including phenoxy) is 2. The SMILES string of the molecule is O=C(CN1C(=O)C2CCCCC2C1=O)OCCCOc1ccc(Cl)cc1. The lowest BCUT2D eigenvalue weighted by molar-refractivity contribution is -0.153. The van der Waals surface area contributed by atoms with Crippen LogP contribution >= 0.6 is 11.6 Å². The summed E-state index contributed by atoms with van der Waals surface area (Å²) in [7, 11) is 0. The summed E-state index contributed by atoms with van der Waals surface area (Å²) in [6.45, 7) is 0.277. The predicted molar refractivity (Wildman–Crippen MR) is 94.7 cm³/mol. The third-order valence-corrected chi connectivity index (χ3v) is 5.11. The Hall–Kier alpha value is -2.08. The van der Waals surface area contributed by atoms with E-state index in [1.54, 1.807) is 24.3 Å². The summed E-state index contributed by atoms with van der Waals surface area (Å²) in [6, 6.07) is 6.99. The lowest BCUT2D eigenvalue weighted by Gasteiger charge is -2.19. The van der Waals surface area contributed by atoms with Crippen LogP contribution in [0.25, 0.3) is 0 Å². The molecule has 0 spiro atoms. The number of benzene rings is 1. The van der Waals surface area contributed by atoms with Gasteiger partial charge in [-0.15, -0.1) is 0 Å². The first kappa shape index (κ1) is 18.7. The topological polar surface area (TPSA) is 72.9 Å². The largest absolute Gasteiger partial charge is 0.493 e. The van der Waals surface area contributed by atoms with Crippen molar-refractivity contribution in [2.45, 2.75) is 32.1 Å².